The molecule has 0 aliphatic heterocycles. The highest BCUT2D eigenvalue weighted by molar-refractivity contribution is 7.99. The number of nitrogens with one attached hydrogen (secondary N) is 1. The lowest BCUT2D eigenvalue weighted by molar-refractivity contribution is -0.113. The topological polar surface area (TPSA) is 72.7 Å². The second kappa shape index (κ2) is 6.85. The first-order valence-corrected chi connectivity index (χ1v) is 8.18. The fourth-order valence-corrected chi connectivity index (χ4v) is 2.81. The summed E-state index contributed by atoms with van der Waals surface area (Å²) in [4.78, 5) is 12.0. The number of aromatic nitrogens is 4. The van der Waals surface area contributed by atoms with E-state index >= 15 is 0 Å². The average Bonchev–Trinajstić information content (AvgIpc) is 2.90. The molecule has 1 heterocycles. The zero-order valence-electron chi connectivity index (χ0n) is 12.3. The number of tetrazole rings is 1. The van der Waals surface area contributed by atoms with Gasteiger partial charge in [0.1, 0.15) is 0 Å². The van der Waals surface area contributed by atoms with Crippen LogP contribution in [0.3, 0.4) is 0 Å². The van der Waals surface area contributed by atoms with Crippen LogP contribution in [0.15, 0.2) is 23.4 Å². The minimum atomic E-state index is -0.251. The molecule has 0 atom stereocenters. The Balaban J connectivity index is 1.99. The number of hydrogen-bond acceptors (Lipinski definition) is 5. The summed E-state index contributed by atoms with van der Waals surface area (Å²) in [6, 6.07) is 5.07. The van der Waals surface area contributed by atoms with Crippen molar-refractivity contribution in [2.24, 2.45) is 0 Å². The minimum absolute atomic E-state index is 0.166. The molecule has 0 aliphatic rings. The van der Waals surface area contributed by atoms with E-state index in [2.05, 4.69) is 20.8 Å². The largest absolute Gasteiger partial charge is 0.324 e. The number of amides is 1. The van der Waals surface area contributed by atoms with Gasteiger partial charge in [-0.3, -0.25) is 4.79 Å². The van der Waals surface area contributed by atoms with E-state index in [-0.39, 0.29) is 17.2 Å². The van der Waals surface area contributed by atoms with E-state index in [0.717, 1.165) is 0 Å². The number of thioether (sulfide) groups is 1. The van der Waals surface area contributed by atoms with Crippen LogP contribution in [-0.2, 0) is 10.3 Å². The van der Waals surface area contributed by atoms with Gasteiger partial charge in [-0.15, -0.1) is 5.10 Å². The van der Waals surface area contributed by atoms with Crippen LogP contribution in [0.1, 0.15) is 20.8 Å². The molecule has 1 N–H and O–H groups in total. The second-order valence-electron chi connectivity index (χ2n) is 5.48. The molecule has 2 aromatic rings. The van der Waals surface area contributed by atoms with E-state index in [9.17, 15) is 4.79 Å². The number of anilines is 1. The number of benzene rings is 1. The molecule has 0 radical (unpaired) electrons. The molecule has 22 heavy (non-hydrogen) atoms. The van der Waals surface area contributed by atoms with Gasteiger partial charge < -0.3 is 5.32 Å². The van der Waals surface area contributed by atoms with Crippen LogP contribution in [0.2, 0.25) is 10.0 Å². The van der Waals surface area contributed by atoms with Gasteiger partial charge in [0.05, 0.1) is 27.0 Å². The maximum Gasteiger partial charge on any atom is 0.234 e. The summed E-state index contributed by atoms with van der Waals surface area (Å²) < 4.78 is 1.68. The van der Waals surface area contributed by atoms with Crippen molar-refractivity contribution in [3.8, 4) is 0 Å². The first-order chi connectivity index (χ1) is 10.3. The monoisotopic (exact) mass is 359 g/mol. The van der Waals surface area contributed by atoms with Gasteiger partial charge in [0.25, 0.3) is 0 Å². The fourth-order valence-electron chi connectivity index (χ4n) is 1.61. The third-order valence-electron chi connectivity index (χ3n) is 2.63. The first kappa shape index (κ1) is 17.1. The Kier molecular flexibility index (Phi) is 5.31. The molecule has 0 saturated heterocycles. The number of carbonyl (C=O) groups is 1. The Bertz CT molecular complexity index is 683. The molecule has 2 rings (SSSR count). The van der Waals surface area contributed by atoms with Crippen molar-refractivity contribution in [3.05, 3.63) is 28.2 Å². The van der Waals surface area contributed by atoms with Crippen molar-refractivity contribution in [2.45, 2.75) is 31.5 Å². The molecule has 118 valence electrons. The number of hydrogen-bond donors (Lipinski definition) is 1. The van der Waals surface area contributed by atoms with Crippen molar-refractivity contribution in [1.82, 2.24) is 20.2 Å². The van der Waals surface area contributed by atoms with E-state index in [4.69, 9.17) is 23.2 Å². The quantitative estimate of drug-likeness (QED) is 0.846. The van der Waals surface area contributed by atoms with E-state index in [1.54, 1.807) is 22.9 Å². The summed E-state index contributed by atoms with van der Waals surface area (Å²) in [5, 5.41) is 15.5. The predicted molar refractivity (Wildman–Crippen MR) is 88.6 cm³/mol. The lowest BCUT2D eigenvalue weighted by Crippen LogP contribution is -2.24. The molecule has 0 fully saturated rings. The zero-order chi connectivity index (χ0) is 16.3. The van der Waals surface area contributed by atoms with Gasteiger partial charge in [-0.25, -0.2) is 4.68 Å². The van der Waals surface area contributed by atoms with Crippen LogP contribution in [0.25, 0.3) is 0 Å². The Hall–Kier alpha value is -1.31. The van der Waals surface area contributed by atoms with Crippen molar-refractivity contribution >= 4 is 46.6 Å². The highest BCUT2D eigenvalue weighted by Crippen LogP contribution is 2.29. The number of halogens is 2. The number of nitrogens with zero attached hydrogens (tertiary/aromatic N) is 4. The number of carbonyl (C=O) groups excluding carboxylic acids is 1. The van der Waals surface area contributed by atoms with E-state index < -0.39 is 0 Å². The molecule has 0 spiro atoms. The minimum Gasteiger partial charge on any atom is -0.324 e. The third-order valence-corrected chi connectivity index (χ3v) is 4.37. The van der Waals surface area contributed by atoms with E-state index in [1.165, 1.54) is 11.8 Å². The highest BCUT2D eigenvalue weighted by atomic mass is 35.5. The van der Waals surface area contributed by atoms with Crippen LogP contribution in [0.5, 0.6) is 0 Å². The van der Waals surface area contributed by atoms with Crippen LogP contribution >= 0.6 is 35.0 Å². The fraction of sp³-hybridized carbons (Fsp3) is 0.385. The molecule has 9 heteroatoms. The Labute approximate surface area is 142 Å². The smallest absolute Gasteiger partial charge is 0.234 e. The standard InChI is InChI=1S/C13H15Cl2N5OS/c1-13(2,3)20-12(17-18-19-20)22-7-10(21)16-9-6-4-5-8(14)11(9)15/h4-6H,7H2,1-3H3,(H,16,21). The normalized spacial score (nSPS) is 11.5. The Morgan fingerprint density at radius 2 is 2.09 bits per heavy atom. The summed E-state index contributed by atoms with van der Waals surface area (Å²) >= 11 is 13.2. The van der Waals surface area contributed by atoms with Gasteiger partial charge in [-0.1, -0.05) is 41.0 Å². The predicted octanol–water partition coefficient (Wildman–Crippen LogP) is 3.47. The van der Waals surface area contributed by atoms with Gasteiger partial charge in [0.15, 0.2) is 0 Å². The third kappa shape index (κ3) is 4.12. The molecule has 0 bridgehead atoms. The molecule has 0 unspecified atom stereocenters. The zero-order valence-corrected chi connectivity index (χ0v) is 14.6. The van der Waals surface area contributed by atoms with E-state index in [1.807, 2.05) is 20.8 Å². The summed E-state index contributed by atoms with van der Waals surface area (Å²) in [6.07, 6.45) is 0. The van der Waals surface area contributed by atoms with Crippen molar-refractivity contribution in [1.29, 1.82) is 0 Å². The van der Waals surface area contributed by atoms with Gasteiger partial charge in [0, 0.05) is 0 Å². The lowest BCUT2D eigenvalue weighted by atomic mass is 10.1. The maximum atomic E-state index is 12.0. The summed E-state index contributed by atoms with van der Waals surface area (Å²) in [5.74, 6) is -0.0446. The molecule has 0 aliphatic carbocycles. The first-order valence-electron chi connectivity index (χ1n) is 6.44. The molecule has 1 aromatic carbocycles. The van der Waals surface area contributed by atoms with Crippen LogP contribution < -0.4 is 5.32 Å². The summed E-state index contributed by atoms with van der Waals surface area (Å²) in [6.45, 7) is 5.96. The molecule has 6 nitrogen and oxygen atoms in total. The highest BCUT2D eigenvalue weighted by Gasteiger charge is 2.20. The van der Waals surface area contributed by atoms with Gasteiger partial charge in [0.2, 0.25) is 11.1 Å². The number of rotatable bonds is 4. The molecule has 1 aromatic heterocycles. The van der Waals surface area contributed by atoms with Gasteiger partial charge in [-0.05, 0) is 43.3 Å². The van der Waals surface area contributed by atoms with Gasteiger partial charge >= 0.3 is 0 Å². The van der Waals surface area contributed by atoms with Crippen molar-refractivity contribution in [2.75, 3.05) is 11.1 Å². The second-order valence-corrected chi connectivity index (χ2v) is 7.21. The molecular weight excluding hydrogens is 345 g/mol. The maximum absolute atomic E-state index is 12.0. The van der Waals surface area contributed by atoms with Crippen molar-refractivity contribution < 1.29 is 4.79 Å². The SMILES string of the molecule is CC(C)(C)n1nnnc1SCC(=O)Nc1cccc(Cl)c1Cl. The Morgan fingerprint density at radius 3 is 2.77 bits per heavy atom. The molecular formula is C13H15Cl2N5OS. The molecule has 1 amide bonds. The summed E-state index contributed by atoms with van der Waals surface area (Å²) in [7, 11) is 0. The van der Waals surface area contributed by atoms with Crippen LogP contribution in [0, 0.1) is 0 Å². The summed E-state index contributed by atoms with van der Waals surface area (Å²) in [5.41, 5.74) is 0.230. The van der Waals surface area contributed by atoms with Gasteiger partial charge in [-0.2, -0.15) is 0 Å². The molecule has 0 saturated carbocycles. The van der Waals surface area contributed by atoms with Crippen molar-refractivity contribution in [3.63, 3.8) is 0 Å². The van der Waals surface area contributed by atoms with E-state index in [0.29, 0.717) is 20.9 Å². The lowest BCUT2D eigenvalue weighted by Gasteiger charge is -2.19. The van der Waals surface area contributed by atoms with Crippen LogP contribution in [-0.4, -0.2) is 31.9 Å². The average molecular weight is 360 g/mol. The Morgan fingerprint density at radius 1 is 1.36 bits per heavy atom. The van der Waals surface area contributed by atoms with Crippen LogP contribution in [0.4, 0.5) is 5.69 Å².